The van der Waals surface area contributed by atoms with Crippen molar-refractivity contribution in [1.82, 2.24) is 0 Å². The average molecular weight is 277 g/mol. The molecule has 19 heavy (non-hydrogen) atoms. The Kier molecular flexibility index (Phi) is 4.45. The van der Waals surface area contributed by atoms with Gasteiger partial charge in [0.1, 0.15) is 11.6 Å². The highest BCUT2D eigenvalue weighted by Gasteiger charge is 2.14. The minimum atomic E-state index is -0.259. The van der Waals surface area contributed by atoms with Crippen molar-refractivity contribution in [2.24, 2.45) is 5.73 Å². The first-order chi connectivity index (χ1) is 9.13. The van der Waals surface area contributed by atoms with Crippen LogP contribution in [0.4, 0.5) is 4.39 Å². The Hall–Kier alpha value is -1.52. The number of ether oxygens (including phenoxy) is 1. The second kappa shape index (κ2) is 6.08. The fourth-order valence-electron chi connectivity index (χ4n) is 1.80. The van der Waals surface area contributed by atoms with Gasteiger partial charge in [0.15, 0.2) is 0 Å². The smallest absolute Gasteiger partial charge is 0.137 e. The van der Waals surface area contributed by atoms with Gasteiger partial charge in [0.05, 0.1) is 16.9 Å². The normalized spacial score (nSPS) is 12.2. The molecule has 0 aliphatic rings. The van der Waals surface area contributed by atoms with Gasteiger partial charge in [-0.2, -0.15) is 0 Å². The van der Waals surface area contributed by atoms with Gasteiger partial charge in [-0.3, -0.25) is 0 Å². The highest BCUT2D eigenvalue weighted by molar-refractivity contribution is 7.99. The number of hydrogen-bond donors (Lipinski definition) is 1. The monoisotopic (exact) mass is 277 g/mol. The molecule has 0 saturated carbocycles. The van der Waals surface area contributed by atoms with Crippen LogP contribution in [-0.2, 0) is 0 Å². The molecule has 2 N–H and O–H groups in total. The van der Waals surface area contributed by atoms with E-state index in [-0.39, 0.29) is 11.9 Å². The Morgan fingerprint density at radius 2 is 1.89 bits per heavy atom. The van der Waals surface area contributed by atoms with E-state index in [0.717, 1.165) is 16.2 Å². The van der Waals surface area contributed by atoms with Gasteiger partial charge in [-0.05, 0) is 30.7 Å². The molecule has 0 aromatic heterocycles. The van der Waals surface area contributed by atoms with Crippen molar-refractivity contribution in [2.75, 3.05) is 7.11 Å². The third kappa shape index (κ3) is 3.08. The summed E-state index contributed by atoms with van der Waals surface area (Å²) in [6.07, 6.45) is 0. The van der Waals surface area contributed by atoms with Gasteiger partial charge in [-0.1, -0.05) is 36.0 Å². The summed E-state index contributed by atoms with van der Waals surface area (Å²) in [6.45, 7) is 1.85. The summed E-state index contributed by atoms with van der Waals surface area (Å²) in [6, 6.07) is 12.3. The van der Waals surface area contributed by atoms with Crippen molar-refractivity contribution in [3.05, 3.63) is 53.8 Å². The molecule has 0 bridgehead atoms. The van der Waals surface area contributed by atoms with Crippen LogP contribution in [0.5, 0.6) is 5.75 Å². The molecule has 100 valence electrons. The van der Waals surface area contributed by atoms with Crippen LogP contribution in [0.15, 0.2) is 52.3 Å². The van der Waals surface area contributed by atoms with Crippen molar-refractivity contribution in [1.29, 1.82) is 0 Å². The van der Waals surface area contributed by atoms with Gasteiger partial charge < -0.3 is 10.5 Å². The quantitative estimate of drug-likeness (QED) is 0.917. The van der Waals surface area contributed by atoms with E-state index in [1.807, 2.05) is 37.3 Å². The third-order valence-electron chi connectivity index (χ3n) is 2.77. The maximum absolute atomic E-state index is 14.0. The van der Waals surface area contributed by atoms with E-state index in [4.69, 9.17) is 10.5 Å². The summed E-state index contributed by atoms with van der Waals surface area (Å²) in [5.74, 6) is 0.470. The molecule has 0 amide bonds. The molecular formula is C15H16FNOS. The molecule has 2 nitrogen and oxygen atoms in total. The van der Waals surface area contributed by atoms with E-state index in [0.29, 0.717) is 4.90 Å². The standard InChI is InChI=1S/C15H16FNOS/c1-10(17)11-6-5-7-12(16)15(11)19-14-9-4-3-8-13(14)18-2/h3-10H,17H2,1-2H3/t10-/m0/s1. The van der Waals surface area contributed by atoms with Crippen molar-refractivity contribution >= 4 is 11.8 Å². The molecule has 4 heteroatoms. The Labute approximate surface area is 116 Å². The number of methoxy groups -OCH3 is 1. The SMILES string of the molecule is COc1ccccc1Sc1c(F)cccc1[C@H](C)N. The summed E-state index contributed by atoms with van der Waals surface area (Å²) in [4.78, 5) is 1.43. The summed E-state index contributed by atoms with van der Waals surface area (Å²) in [5.41, 5.74) is 6.70. The molecule has 0 radical (unpaired) electrons. The molecule has 2 aromatic carbocycles. The number of halogens is 1. The molecule has 2 rings (SSSR count). The molecule has 0 saturated heterocycles. The van der Waals surface area contributed by atoms with Crippen LogP contribution in [-0.4, -0.2) is 7.11 Å². The zero-order chi connectivity index (χ0) is 13.8. The summed E-state index contributed by atoms with van der Waals surface area (Å²) in [5, 5.41) is 0. The lowest BCUT2D eigenvalue weighted by molar-refractivity contribution is 0.405. The fraction of sp³-hybridized carbons (Fsp3) is 0.200. The lowest BCUT2D eigenvalue weighted by Gasteiger charge is -2.14. The minimum Gasteiger partial charge on any atom is -0.496 e. The summed E-state index contributed by atoms with van der Waals surface area (Å²) < 4.78 is 19.3. The van der Waals surface area contributed by atoms with Crippen molar-refractivity contribution in [3.63, 3.8) is 0 Å². The zero-order valence-corrected chi connectivity index (χ0v) is 11.7. The second-order valence-corrected chi connectivity index (χ2v) is 5.25. The highest BCUT2D eigenvalue weighted by Crippen LogP contribution is 2.39. The van der Waals surface area contributed by atoms with Crippen LogP contribution in [0.25, 0.3) is 0 Å². The number of rotatable bonds is 4. The van der Waals surface area contributed by atoms with E-state index in [2.05, 4.69) is 0 Å². The molecule has 0 spiro atoms. The number of hydrogen-bond acceptors (Lipinski definition) is 3. The molecule has 1 atom stereocenters. The Morgan fingerprint density at radius 3 is 2.58 bits per heavy atom. The average Bonchev–Trinajstić information content (AvgIpc) is 2.41. The van der Waals surface area contributed by atoms with Crippen molar-refractivity contribution in [2.45, 2.75) is 22.8 Å². The summed E-state index contributed by atoms with van der Waals surface area (Å²) in [7, 11) is 1.60. The second-order valence-electron chi connectivity index (χ2n) is 4.20. The van der Waals surface area contributed by atoms with Crippen LogP contribution in [0.2, 0.25) is 0 Å². The highest BCUT2D eigenvalue weighted by atomic mass is 32.2. The van der Waals surface area contributed by atoms with Gasteiger partial charge in [-0.15, -0.1) is 0 Å². The van der Waals surface area contributed by atoms with Crippen LogP contribution < -0.4 is 10.5 Å². The topological polar surface area (TPSA) is 35.2 Å². The fourth-order valence-corrected chi connectivity index (χ4v) is 2.96. The largest absolute Gasteiger partial charge is 0.496 e. The first kappa shape index (κ1) is 13.9. The lowest BCUT2D eigenvalue weighted by atomic mass is 10.1. The van der Waals surface area contributed by atoms with E-state index in [1.54, 1.807) is 13.2 Å². The van der Waals surface area contributed by atoms with Gasteiger partial charge in [0.2, 0.25) is 0 Å². The molecule has 0 unspecified atom stereocenters. The third-order valence-corrected chi connectivity index (χ3v) is 3.96. The molecule has 0 aliphatic carbocycles. The summed E-state index contributed by atoms with van der Waals surface area (Å²) >= 11 is 1.34. The Bertz CT molecular complexity index is 572. The van der Waals surface area contributed by atoms with Crippen molar-refractivity contribution in [3.8, 4) is 5.75 Å². The van der Waals surface area contributed by atoms with Crippen LogP contribution >= 0.6 is 11.8 Å². The predicted molar refractivity (Wildman–Crippen MR) is 76.1 cm³/mol. The van der Waals surface area contributed by atoms with Crippen LogP contribution in [0, 0.1) is 5.82 Å². The first-order valence-electron chi connectivity index (χ1n) is 5.98. The molecule has 0 heterocycles. The number of benzene rings is 2. The van der Waals surface area contributed by atoms with E-state index >= 15 is 0 Å². The molecule has 2 aromatic rings. The Balaban J connectivity index is 2.43. The zero-order valence-electron chi connectivity index (χ0n) is 10.9. The van der Waals surface area contributed by atoms with Gasteiger partial charge in [0, 0.05) is 6.04 Å². The van der Waals surface area contributed by atoms with Crippen LogP contribution in [0.1, 0.15) is 18.5 Å². The van der Waals surface area contributed by atoms with E-state index in [9.17, 15) is 4.39 Å². The molecule has 0 fully saturated rings. The minimum absolute atomic E-state index is 0.215. The van der Waals surface area contributed by atoms with Gasteiger partial charge in [-0.25, -0.2) is 4.39 Å². The Morgan fingerprint density at radius 1 is 1.16 bits per heavy atom. The first-order valence-corrected chi connectivity index (χ1v) is 6.80. The van der Waals surface area contributed by atoms with Crippen molar-refractivity contribution < 1.29 is 9.13 Å². The molecular weight excluding hydrogens is 261 g/mol. The van der Waals surface area contributed by atoms with E-state index in [1.165, 1.54) is 17.8 Å². The number of nitrogens with two attached hydrogens (primary N) is 1. The lowest BCUT2D eigenvalue weighted by Crippen LogP contribution is -2.07. The van der Waals surface area contributed by atoms with E-state index < -0.39 is 0 Å². The van der Waals surface area contributed by atoms with Gasteiger partial charge in [0.25, 0.3) is 0 Å². The van der Waals surface area contributed by atoms with Gasteiger partial charge >= 0.3 is 0 Å². The maximum atomic E-state index is 14.0. The maximum Gasteiger partial charge on any atom is 0.137 e. The number of para-hydroxylation sites is 1. The molecule has 0 aliphatic heterocycles. The predicted octanol–water partition coefficient (Wildman–Crippen LogP) is 4.01. The van der Waals surface area contributed by atoms with Crippen LogP contribution in [0.3, 0.4) is 0 Å².